The minimum absolute atomic E-state index is 0.0691. The number of thiazole rings is 1. The van der Waals surface area contributed by atoms with Crippen LogP contribution >= 0.6 is 11.3 Å². The van der Waals surface area contributed by atoms with Gasteiger partial charge in [-0.15, -0.1) is 11.3 Å². The third kappa shape index (κ3) is 14.0. The first-order valence-corrected chi connectivity index (χ1v) is 24.8. The van der Waals surface area contributed by atoms with Gasteiger partial charge < -0.3 is 77.0 Å². The van der Waals surface area contributed by atoms with Gasteiger partial charge in [-0.05, 0) is 60.6 Å². The van der Waals surface area contributed by atoms with Crippen molar-refractivity contribution >= 4 is 87.5 Å². The Bertz CT molecular complexity index is 3610. The molecule has 0 radical (unpaired) electrons. The minimum Gasteiger partial charge on any atom is -0.443 e. The summed E-state index contributed by atoms with van der Waals surface area (Å²) >= 11 is 0.892. The van der Waals surface area contributed by atoms with Gasteiger partial charge in [0, 0.05) is 10.9 Å². The Morgan fingerprint density at radius 1 is 0.732 bits per heavy atom. The van der Waals surface area contributed by atoms with Crippen LogP contribution in [-0.2, 0) is 28.8 Å². The molecule has 0 saturated carbocycles. The highest BCUT2D eigenvalue weighted by molar-refractivity contribution is 7.13. The number of primary amides is 1. The highest BCUT2D eigenvalue weighted by atomic mass is 32.1. The van der Waals surface area contributed by atoms with E-state index in [0.717, 1.165) is 17.6 Å². The normalized spacial score (nSPS) is 17.7. The summed E-state index contributed by atoms with van der Waals surface area (Å²) in [6.07, 6.45) is 0.843. The number of hydrogen-bond donors (Lipinski definition) is 12. The topological polar surface area (TPSA) is 449 Å². The highest BCUT2D eigenvalue weighted by Gasteiger charge is 2.37. The van der Waals surface area contributed by atoms with Crippen LogP contribution in [0.5, 0.6) is 0 Å². The highest BCUT2D eigenvalue weighted by Crippen LogP contribution is 2.33. The Balaban J connectivity index is 1.37. The van der Waals surface area contributed by atoms with E-state index in [-0.39, 0.29) is 73.7 Å². The van der Waals surface area contributed by atoms with Crippen LogP contribution in [0.3, 0.4) is 0 Å². The third-order valence-corrected chi connectivity index (χ3v) is 12.3. The van der Waals surface area contributed by atoms with Crippen LogP contribution < -0.4 is 53.6 Å². The Hall–Kier alpha value is -10.5. The number of carbonyl (C=O) groups excluding carboxylic acids is 10. The Morgan fingerprint density at radius 2 is 1.32 bits per heavy atom. The zero-order valence-corrected chi connectivity index (χ0v) is 45.5. The number of fused-ring (bicyclic) bond motifs is 11. The van der Waals surface area contributed by atoms with Crippen LogP contribution in [0.25, 0.3) is 39.1 Å². The van der Waals surface area contributed by atoms with Crippen LogP contribution in [0.4, 0.5) is 0 Å². The van der Waals surface area contributed by atoms with Gasteiger partial charge in [0.25, 0.3) is 41.4 Å². The van der Waals surface area contributed by atoms with Crippen LogP contribution in [0.15, 0.2) is 93.1 Å². The number of amides is 10. The van der Waals surface area contributed by atoms with Gasteiger partial charge in [-0.1, -0.05) is 39.0 Å². The first kappa shape index (κ1) is 60.7. The summed E-state index contributed by atoms with van der Waals surface area (Å²) in [7, 11) is 0. The molecular weight excluding hydrogens is 1090 g/mol. The molecule has 82 heavy (non-hydrogen) atoms. The number of nitrogens with one attached hydrogen (secondary N) is 9. The monoisotopic (exact) mass is 1150 g/mol. The van der Waals surface area contributed by atoms with Crippen molar-refractivity contribution in [2.75, 3.05) is 0 Å². The molecule has 30 nitrogen and oxygen atoms in total. The van der Waals surface area contributed by atoms with Gasteiger partial charge in [-0.2, -0.15) is 0 Å². The number of aliphatic hydroxyl groups is 2. The average Bonchev–Trinajstić information content (AvgIpc) is 4.27. The number of carbonyl (C=O) groups is 10. The predicted molar refractivity (Wildman–Crippen MR) is 287 cm³/mol. The molecule has 6 heterocycles. The van der Waals surface area contributed by atoms with E-state index in [4.69, 9.17) is 19.0 Å². The second-order valence-electron chi connectivity index (χ2n) is 18.3. The Kier molecular flexibility index (Phi) is 18.2. The summed E-state index contributed by atoms with van der Waals surface area (Å²) in [5.41, 5.74) is -0.780. The van der Waals surface area contributed by atoms with Gasteiger partial charge in [-0.3, -0.25) is 47.9 Å². The molecule has 0 spiro atoms. The molecule has 0 unspecified atom stereocenters. The molecule has 10 amide bonds. The number of allylic oxidation sites excluding steroid dienone is 1. The molecule has 0 aliphatic carbocycles. The summed E-state index contributed by atoms with van der Waals surface area (Å²) in [6, 6.07) is -1.99. The molecule has 5 aromatic heterocycles. The standard InChI is InChI=1S/C51H53N15O15S/c1-13-28-49-65-34(26(10)81-49)45(76)56-21(5)40(71)66-36(51(11,12)78)46(77)58-23(7)48-64-33(25(9)80-48)44(75)55-20(4)39(70)57-22(6)47-61-30(16-79-47)35-27(50-62-31(17-82-50)42(73)63-32(24(8)67)43(74)60-28)14-15-29(59-35)41(72)54-19(3)38(69)53-18(2)37(52)68/h13-18,24,32,36,67,78H,3-7H2,1-2,8-12H3,(H2,52,68)(H,53,69)(H,54,72)(H,55,75)(H,56,76)(H,57,70)(H,58,77)(H,60,74)(H,63,73)(H,66,71)/t18-,24-,32+,36-/m0/s1. The smallest absolute Gasteiger partial charge is 0.278 e. The number of hydrogen-bond acceptors (Lipinski definition) is 21. The van der Waals surface area contributed by atoms with Crippen molar-refractivity contribution in [3.63, 3.8) is 0 Å². The van der Waals surface area contributed by atoms with E-state index >= 15 is 0 Å². The van der Waals surface area contributed by atoms with Crippen LogP contribution in [-0.4, -0.2) is 124 Å². The number of pyridine rings is 1. The van der Waals surface area contributed by atoms with Gasteiger partial charge in [0.15, 0.2) is 11.4 Å². The number of rotatable bonds is 7. The largest absolute Gasteiger partial charge is 0.443 e. The lowest BCUT2D eigenvalue weighted by Gasteiger charge is -2.29. The van der Waals surface area contributed by atoms with Gasteiger partial charge >= 0.3 is 0 Å². The number of aryl methyl sites for hydroxylation is 2. The van der Waals surface area contributed by atoms with E-state index in [1.165, 1.54) is 72.1 Å². The first-order valence-electron chi connectivity index (χ1n) is 23.9. The molecule has 6 rings (SSSR count). The third-order valence-electron chi connectivity index (χ3n) is 11.4. The maximum absolute atomic E-state index is 13.8. The number of nitrogens with zero attached hydrogens (tertiary/aromatic N) is 5. The predicted octanol–water partition coefficient (Wildman–Crippen LogP) is -0.0269. The van der Waals surface area contributed by atoms with Crippen LogP contribution in [0.1, 0.15) is 106 Å². The van der Waals surface area contributed by atoms with Crippen molar-refractivity contribution < 1.29 is 71.4 Å². The van der Waals surface area contributed by atoms with Crippen LogP contribution in [0, 0.1) is 13.8 Å². The molecule has 8 bridgehead atoms. The van der Waals surface area contributed by atoms with Gasteiger partial charge in [0.2, 0.25) is 35.4 Å². The number of aliphatic hydroxyl groups excluding tert-OH is 1. The summed E-state index contributed by atoms with van der Waals surface area (Å²) in [6.45, 7) is 27.2. The van der Waals surface area contributed by atoms with Crippen molar-refractivity contribution in [2.24, 2.45) is 5.73 Å². The maximum Gasteiger partial charge on any atom is 0.278 e. The fourth-order valence-corrected chi connectivity index (χ4v) is 7.78. The molecule has 13 N–H and O–H groups in total. The average molecular weight is 1150 g/mol. The minimum atomic E-state index is -2.00. The van der Waals surface area contributed by atoms with E-state index in [1.54, 1.807) is 0 Å². The van der Waals surface area contributed by atoms with Crippen LogP contribution in [0.2, 0.25) is 0 Å². The lowest BCUT2D eigenvalue weighted by Crippen LogP contribution is -2.58. The molecule has 4 atom stereocenters. The summed E-state index contributed by atoms with van der Waals surface area (Å²) in [5.74, 6) is -11.4. The molecule has 31 heteroatoms. The van der Waals surface area contributed by atoms with Crippen molar-refractivity contribution in [2.45, 2.75) is 78.3 Å². The van der Waals surface area contributed by atoms with E-state index < -0.39 is 123 Å². The number of nitrogens with two attached hydrogens (primary N) is 1. The second-order valence-corrected chi connectivity index (χ2v) is 19.1. The van der Waals surface area contributed by atoms with Gasteiger partial charge in [0.05, 0.1) is 45.9 Å². The zero-order valence-electron chi connectivity index (χ0n) is 44.7. The first-order chi connectivity index (χ1) is 38.4. The molecule has 0 aromatic carbocycles. The SMILES string of the molecule is C=C1NC(=O)c2nc(oc2C)C(=C)NC(=O)[C@@H](C(C)(C)O)NC(=O)C(=C)NC(=O)c2nc(oc2C)C(=CC)NC(=O)[C@@H]([C@H](C)O)NC(=O)c2csc(n2)-c2ccc(C(=O)NC(=C)C(=O)N[C@@H](C)C(N)=O)nc2-c2coc(n2)C(=C)NC1=O. The van der Waals surface area contributed by atoms with Crippen molar-refractivity contribution in [3.8, 4) is 22.0 Å². The molecular formula is C51H53N15O15S. The Morgan fingerprint density at radius 3 is 1.91 bits per heavy atom. The molecule has 0 fully saturated rings. The quantitative estimate of drug-likeness (QED) is 0.0952. The van der Waals surface area contributed by atoms with E-state index in [0.29, 0.717) is 0 Å². The molecule has 5 aromatic rings. The van der Waals surface area contributed by atoms with Crippen molar-refractivity contribution in [1.82, 2.24) is 72.8 Å². The van der Waals surface area contributed by atoms with E-state index in [2.05, 4.69) is 106 Å². The summed E-state index contributed by atoms with van der Waals surface area (Å²) in [5, 5.41) is 44.0. The summed E-state index contributed by atoms with van der Waals surface area (Å²) in [4.78, 5) is 154. The van der Waals surface area contributed by atoms with Crippen molar-refractivity contribution in [3.05, 3.63) is 132 Å². The van der Waals surface area contributed by atoms with Gasteiger partial charge in [0.1, 0.15) is 63.7 Å². The zero-order chi connectivity index (χ0) is 60.8. The number of oxazole rings is 3. The Labute approximate surface area is 468 Å². The number of aromatic nitrogens is 5. The van der Waals surface area contributed by atoms with Crippen molar-refractivity contribution in [1.29, 1.82) is 0 Å². The maximum atomic E-state index is 13.8. The lowest BCUT2D eigenvalue weighted by atomic mass is 9.97. The fraction of sp³-hybridized carbons (Fsp3) is 0.235. The molecule has 1 aliphatic rings. The second kappa shape index (κ2) is 24.6. The molecule has 0 saturated heterocycles. The fourth-order valence-electron chi connectivity index (χ4n) is 6.95. The molecule has 428 valence electrons. The lowest BCUT2D eigenvalue weighted by molar-refractivity contribution is -0.132. The van der Waals surface area contributed by atoms with E-state index in [9.17, 15) is 58.2 Å². The summed E-state index contributed by atoms with van der Waals surface area (Å²) < 4.78 is 16.9. The van der Waals surface area contributed by atoms with Gasteiger partial charge in [-0.25, -0.2) is 24.9 Å². The molecule has 1 aliphatic heterocycles. The van der Waals surface area contributed by atoms with E-state index in [1.807, 2.05) is 0 Å².